The van der Waals surface area contributed by atoms with E-state index in [0.717, 1.165) is 20.6 Å². The summed E-state index contributed by atoms with van der Waals surface area (Å²) in [5.41, 5.74) is -0.776. The summed E-state index contributed by atoms with van der Waals surface area (Å²) >= 11 is 6.26. The molecule has 31 heavy (non-hydrogen) atoms. The monoisotopic (exact) mass is 474 g/mol. The Morgan fingerprint density at radius 3 is 2.42 bits per heavy atom. The van der Waals surface area contributed by atoms with Crippen LogP contribution in [0.15, 0.2) is 24.4 Å². The average molecular weight is 475 g/mol. The van der Waals surface area contributed by atoms with E-state index in [4.69, 9.17) is 16.3 Å². The molecule has 0 unspecified atom stereocenters. The van der Waals surface area contributed by atoms with Gasteiger partial charge in [0, 0.05) is 45.9 Å². The van der Waals surface area contributed by atoms with Crippen molar-refractivity contribution in [3.63, 3.8) is 0 Å². The van der Waals surface area contributed by atoms with Crippen molar-refractivity contribution in [1.82, 2.24) is 9.29 Å². The Kier molecular flexibility index (Phi) is 6.68. The van der Waals surface area contributed by atoms with Crippen molar-refractivity contribution >= 4 is 39.7 Å². The highest BCUT2D eigenvalue weighted by Crippen LogP contribution is 2.35. The smallest absolute Gasteiger partial charge is 0.310 e. The first-order chi connectivity index (χ1) is 14.5. The van der Waals surface area contributed by atoms with Crippen LogP contribution in [0.5, 0.6) is 11.5 Å². The van der Waals surface area contributed by atoms with Crippen LogP contribution in [0.3, 0.4) is 0 Å². The SMILES string of the molecule is CN(CC1CC1)c1ncc(Oc2cc(F)c(N(C=O)S(=O)(=O)N(C)C)cc2F)cc1Cl. The van der Waals surface area contributed by atoms with Gasteiger partial charge in [0.05, 0.1) is 16.9 Å². The first-order valence-corrected chi connectivity index (χ1v) is 11.0. The van der Waals surface area contributed by atoms with Crippen LogP contribution in [0.1, 0.15) is 12.8 Å². The zero-order valence-corrected chi connectivity index (χ0v) is 18.6. The molecule has 12 heteroatoms. The van der Waals surface area contributed by atoms with Gasteiger partial charge in [0.1, 0.15) is 11.6 Å². The van der Waals surface area contributed by atoms with Gasteiger partial charge in [0.25, 0.3) is 0 Å². The highest BCUT2D eigenvalue weighted by molar-refractivity contribution is 7.91. The number of rotatable bonds is 9. The molecule has 3 rings (SSSR count). The molecule has 8 nitrogen and oxygen atoms in total. The molecule has 0 radical (unpaired) electrons. The number of anilines is 2. The molecular weight excluding hydrogens is 454 g/mol. The van der Waals surface area contributed by atoms with E-state index in [1.165, 1.54) is 25.1 Å². The molecule has 1 aliphatic carbocycles. The number of halogens is 3. The lowest BCUT2D eigenvalue weighted by Gasteiger charge is -2.22. The van der Waals surface area contributed by atoms with Gasteiger partial charge in [-0.15, -0.1) is 0 Å². The van der Waals surface area contributed by atoms with Gasteiger partial charge < -0.3 is 9.64 Å². The van der Waals surface area contributed by atoms with E-state index >= 15 is 0 Å². The van der Waals surface area contributed by atoms with Crippen LogP contribution in [0, 0.1) is 17.6 Å². The number of aromatic nitrogens is 1. The summed E-state index contributed by atoms with van der Waals surface area (Å²) in [4.78, 5) is 17.4. The van der Waals surface area contributed by atoms with Gasteiger partial charge in [0.15, 0.2) is 17.4 Å². The first-order valence-electron chi connectivity index (χ1n) is 9.25. The Hall–Kier alpha value is -2.50. The van der Waals surface area contributed by atoms with Gasteiger partial charge in [-0.25, -0.2) is 13.8 Å². The lowest BCUT2D eigenvalue weighted by molar-refractivity contribution is -0.106. The van der Waals surface area contributed by atoms with Crippen molar-refractivity contribution in [1.29, 1.82) is 0 Å². The minimum absolute atomic E-state index is 0.0628. The van der Waals surface area contributed by atoms with Crippen LogP contribution < -0.4 is 13.9 Å². The fourth-order valence-electron chi connectivity index (χ4n) is 2.83. The standard InChI is InChI=1S/C19H21ClF2N4O4S/c1-24(2)31(28,29)26(11-27)17-7-16(22)18(8-15(17)21)30-13-6-14(20)19(23-9-13)25(3)10-12-4-5-12/h6-9,11-12H,4-5,10H2,1-3H3. The van der Waals surface area contributed by atoms with Gasteiger partial charge in [-0.05, 0) is 18.8 Å². The van der Waals surface area contributed by atoms with Crippen molar-refractivity contribution in [2.45, 2.75) is 12.8 Å². The predicted molar refractivity (Wildman–Crippen MR) is 113 cm³/mol. The molecule has 0 atom stereocenters. The van der Waals surface area contributed by atoms with Crippen molar-refractivity contribution in [3.05, 3.63) is 41.1 Å². The molecule has 1 aromatic heterocycles. The Bertz CT molecular complexity index is 1100. The molecular formula is C19H21ClF2N4O4S. The number of carbonyl (C=O) groups excluding carboxylic acids is 1. The summed E-state index contributed by atoms with van der Waals surface area (Å²) in [6.07, 6.45) is 3.54. The number of pyridine rings is 1. The zero-order valence-electron chi connectivity index (χ0n) is 17.0. The van der Waals surface area contributed by atoms with E-state index in [0.29, 0.717) is 28.2 Å². The highest BCUT2D eigenvalue weighted by Gasteiger charge is 2.29. The Morgan fingerprint density at radius 2 is 1.87 bits per heavy atom. The number of amides is 1. The summed E-state index contributed by atoms with van der Waals surface area (Å²) in [6, 6.07) is 2.63. The van der Waals surface area contributed by atoms with Gasteiger partial charge in [-0.2, -0.15) is 17.0 Å². The lowest BCUT2D eigenvalue weighted by Crippen LogP contribution is -2.39. The third-order valence-corrected chi connectivity index (χ3v) is 6.64. The number of benzene rings is 1. The second-order valence-corrected chi connectivity index (χ2v) is 9.75. The summed E-state index contributed by atoms with van der Waals surface area (Å²) in [5.74, 6) is -1.55. The second-order valence-electron chi connectivity index (χ2n) is 7.33. The second kappa shape index (κ2) is 8.93. The first kappa shape index (κ1) is 23.2. The third-order valence-electron chi connectivity index (χ3n) is 4.66. The summed E-state index contributed by atoms with van der Waals surface area (Å²) in [7, 11) is -0.189. The minimum Gasteiger partial charge on any atom is -0.452 e. The molecule has 1 saturated carbocycles. The predicted octanol–water partition coefficient (Wildman–Crippen LogP) is 3.42. The summed E-state index contributed by atoms with van der Waals surface area (Å²) in [5, 5.41) is 0.280. The van der Waals surface area contributed by atoms with E-state index < -0.39 is 33.3 Å². The quantitative estimate of drug-likeness (QED) is 0.518. The molecule has 1 amide bonds. The number of carbonyl (C=O) groups is 1. The summed E-state index contributed by atoms with van der Waals surface area (Å²) in [6.45, 7) is 0.817. The van der Waals surface area contributed by atoms with E-state index in [2.05, 4.69) is 4.98 Å². The zero-order chi connectivity index (χ0) is 22.9. The van der Waals surface area contributed by atoms with Gasteiger partial charge in [-0.3, -0.25) is 4.79 Å². The van der Waals surface area contributed by atoms with Gasteiger partial charge >= 0.3 is 10.2 Å². The molecule has 0 spiro atoms. The lowest BCUT2D eigenvalue weighted by atomic mass is 10.2. The van der Waals surface area contributed by atoms with E-state index in [1.807, 2.05) is 11.9 Å². The van der Waals surface area contributed by atoms with E-state index in [-0.39, 0.29) is 21.5 Å². The fraction of sp³-hybridized carbons (Fsp3) is 0.368. The molecule has 1 heterocycles. The molecule has 1 aliphatic rings. The molecule has 0 saturated heterocycles. The van der Waals surface area contributed by atoms with Crippen LogP contribution in [0.25, 0.3) is 0 Å². The Morgan fingerprint density at radius 1 is 1.19 bits per heavy atom. The highest BCUT2D eigenvalue weighted by atomic mass is 35.5. The largest absolute Gasteiger partial charge is 0.452 e. The molecule has 0 bridgehead atoms. The van der Waals surface area contributed by atoms with E-state index in [1.54, 1.807) is 0 Å². The molecule has 0 aliphatic heterocycles. The number of nitrogens with zero attached hydrogens (tertiary/aromatic N) is 4. The fourth-order valence-corrected chi connectivity index (χ4v) is 3.98. The molecule has 2 aromatic rings. The van der Waals surface area contributed by atoms with E-state index in [9.17, 15) is 22.0 Å². The van der Waals surface area contributed by atoms with Gasteiger partial charge in [-0.1, -0.05) is 11.6 Å². The van der Waals surface area contributed by atoms with Crippen LogP contribution in [-0.4, -0.2) is 51.8 Å². The average Bonchev–Trinajstić information content (AvgIpc) is 3.49. The molecule has 1 fully saturated rings. The van der Waals surface area contributed by atoms with Crippen molar-refractivity contribution in [2.75, 3.05) is 36.9 Å². The van der Waals surface area contributed by atoms with Crippen LogP contribution >= 0.6 is 11.6 Å². The van der Waals surface area contributed by atoms with Gasteiger partial charge in [0.2, 0.25) is 6.41 Å². The minimum atomic E-state index is -4.36. The van der Waals surface area contributed by atoms with Crippen molar-refractivity contribution in [2.24, 2.45) is 5.92 Å². The maximum atomic E-state index is 14.6. The third kappa shape index (κ3) is 5.05. The maximum Gasteiger partial charge on any atom is 0.310 e. The van der Waals surface area contributed by atoms with Crippen molar-refractivity contribution in [3.8, 4) is 11.5 Å². The Labute approximate surface area is 184 Å². The topological polar surface area (TPSA) is 83.0 Å². The van der Waals surface area contributed by atoms with Crippen molar-refractivity contribution < 1.29 is 26.7 Å². The van der Waals surface area contributed by atoms with Crippen LogP contribution in [-0.2, 0) is 15.0 Å². The normalized spacial score (nSPS) is 13.9. The number of hydrogen-bond acceptors (Lipinski definition) is 6. The van der Waals surface area contributed by atoms with Crippen LogP contribution in [0.2, 0.25) is 5.02 Å². The maximum absolute atomic E-state index is 14.6. The Balaban J connectivity index is 1.85. The number of ether oxygens (including phenoxy) is 1. The summed E-state index contributed by atoms with van der Waals surface area (Å²) < 4.78 is 59.6. The molecule has 1 aromatic carbocycles. The van der Waals surface area contributed by atoms with Crippen LogP contribution in [0.4, 0.5) is 20.3 Å². The molecule has 0 N–H and O–H groups in total. The number of hydrogen-bond donors (Lipinski definition) is 0. The molecule has 168 valence electrons.